The minimum absolute atomic E-state index is 0.00802. The molecule has 0 unspecified atom stereocenters. The molecule has 0 saturated heterocycles. The van der Waals surface area contributed by atoms with E-state index in [1.54, 1.807) is 36.7 Å². The number of hydrogen-bond donors (Lipinski definition) is 1. The fourth-order valence-electron chi connectivity index (χ4n) is 2.51. The van der Waals surface area contributed by atoms with Gasteiger partial charge >= 0.3 is 6.61 Å². The number of methoxy groups -OCH3 is 1. The Labute approximate surface area is 137 Å². The van der Waals surface area contributed by atoms with E-state index in [2.05, 4.69) is 14.7 Å². The highest BCUT2D eigenvalue weighted by molar-refractivity contribution is 6.17. The Balaban J connectivity index is 2.15. The number of aromatic nitrogens is 1. The lowest BCUT2D eigenvalue weighted by Gasteiger charge is -2.15. The molecular formula is C17H15F2N3O2. The molecule has 2 N–H and O–H groups in total. The quantitative estimate of drug-likeness (QED) is 0.935. The van der Waals surface area contributed by atoms with E-state index in [1.807, 2.05) is 0 Å². The Hall–Kier alpha value is -2.96. The minimum atomic E-state index is -2.96. The predicted molar refractivity (Wildman–Crippen MR) is 86.5 cm³/mol. The molecule has 0 amide bonds. The number of ether oxygens (including phenoxy) is 2. The first-order valence-electron chi connectivity index (χ1n) is 7.18. The van der Waals surface area contributed by atoms with Gasteiger partial charge in [-0.2, -0.15) is 8.78 Å². The first-order chi connectivity index (χ1) is 11.6. The Morgan fingerprint density at radius 3 is 2.75 bits per heavy atom. The topological polar surface area (TPSA) is 69.7 Å². The lowest BCUT2D eigenvalue weighted by molar-refractivity contribution is -0.0500. The van der Waals surface area contributed by atoms with E-state index >= 15 is 0 Å². The van der Waals surface area contributed by atoms with Gasteiger partial charge in [0.1, 0.15) is 11.5 Å². The molecular weight excluding hydrogens is 316 g/mol. The van der Waals surface area contributed by atoms with E-state index in [1.165, 1.54) is 13.2 Å². The second-order valence-corrected chi connectivity index (χ2v) is 5.01. The molecule has 0 bridgehead atoms. The average molecular weight is 331 g/mol. The van der Waals surface area contributed by atoms with Crippen LogP contribution in [0.5, 0.6) is 11.5 Å². The summed E-state index contributed by atoms with van der Waals surface area (Å²) in [5.74, 6) is 0.405. The zero-order valence-corrected chi connectivity index (χ0v) is 12.9. The van der Waals surface area contributed by atoms with Gasteiger partial charge in [-0.15, -0.1) is 0 Å². The second-order valence-electron chi connectivity index (χ2n) is 5.01. The van der Waals surface area contributed by atoms with Crippen LogP contribution in [-0.2, 0) is 0 Å². The van der Waals surface area contributed by atoms with Gasteiger partial charge in [-0.1, -0.05) is 0 Å². The predicted octanol–water partition coefficient (Wildman–Crippen LogP) is 2.84. The van der Waals surface area contributed by atoms with Crippen LogP contribution in [-0.4, -0.2) is 31.0 Å². The van der Waals surface area contributed by atoms with Crippen molar-refractivity contribution in [2.24, 2.45) is 10.7 Å². The van der Waals surface area contributed by atoms with E-state index in [4.69, 9.17) is 10.5 Å². The van der Waals surface area contributed by atoms with Crippen molar-refractivity contribution in [3.05, 3.63) is 59.4 Å². The van der Waals surface area contributed by atoms with Crippen molar-refractivity contribution < 1.29 is 18.3 Å². The number of halogens is 2. The first-order valence-corrected chi connectivity index (χ1v) is 7.18. The molecule has 7 heteroatoms. The molecule has 0 fully saturated rings. The zero-order valence-electron chi connectivity index (χ0n) is 12.9. The summed E-state index contributed by atoms with van der Waals surface area (Å²) in [6, 6.07) is 6.46. The van der Waals surface area contributed by atoms with Crippen LogP contribution in [0, 0.1) is 0 Å². The van der Waals surface area contributed by atoms with Gasteiger partial charge < -0.3 is 15.2 Å². The van der Waals surface area contributed by atoms with Crippen molar-refractivity contribution in [1.29, 1.82) is 0 Å². The lowest BCUT2D eigenvalue weighted by atomic mass is 9.97. The largest absolute Gasteiger partial charge is 0.497 e. The van der Waals surface area contributed by atoms with Gasteiger partial charge in [0.15, 0.2) is 0 Å². The molecule has 2 heterocycles. The summed E-state index contributed by atoms with van der Waals surface area (Å²) in [7, 11) is 1.45. The number of benzene rings is 1. The molecule has 124 valence electrons. The Morgan fingerprint density at radius 2 is 2.00 bits per heavy atom. The molecule has 3 rings (SSSR count). The fraction of sp³-hybridized carbons (Fsp3) is 0.176. The molecule has 5 nitrogen and oxygen atoms in total. The van der Waals surface area contributed by atoms with Gasteiger partial charge in [0.25, 0.3) is 0 Å². The van der Waals surface area contributed by atoms with Crippen molar-refractivity contribution in [3.63, 3.8) is 0 Å². The summed E-state index contributed by atoms with van der Waals surface area (Å²) >= 11 is 0. The van der Waals surface area contributed by atoms with Crippen LogP contribution in [0.1, 0.15) is 16.7 Å². The number of pyridine rings is 1. The fourth-order valence-corrected chi connectivity index (χ4v) is 2.51. The van der Waals surface area contributed by atoms with Crippen molar-refractivity contribution in [3.8, 4) is 11.5 Å². The van der Waals surface area contributed by atoms with E-state index < -0.39 is 6.61 Å². The molecule has 0 spiro atoms. The molecule has 1 aliphatic heterocycles. The van der Waals surface area contributed by atoms with Crippen LogP contribution in [0.2, 0.25) is 0 Å². The summed E-state index contributed by atoms with van der Waals surface area (Å²) in [4.78, 5) is 8.54. The summed E-state index contributed by atoms with van der Waals surface area (Å²) in [6.07, 6.45) is 4.98. The highest BCUT2D eigenvalue weighted by atomic mass is 19.3. The Bertz CT molecular complexity index is 819. The molecule has 1 aromatic heterocycles. The molecule has 24 heavy (non-hydrogen) atoms. The maximum absolute atomic E-state index is 12.8. The zero-order chi connectivity index (χ0) is 17.1. The first kappa shape index (κ1) is 15.9. The van der Waals surface area contributed by atoms with Crippen LogP contribution in [0.15, 0.2) is 47.7 Å². The summed E-state index contributed by atoms with van der Waals surface area (Å²) in [5, 5.41) is 0. The third kappa shape index (κ3) is 3.05. The molecule has 0 atom stereocenters. The molecule has 0 aliphatic carbocycles. The van der Waals surface area contributed by atoms with Crippen molar-refractivity contribution >= 4 is 11.4 Å². The number of nitrogens with two attached hydrogens (primary N) is 1. The lowest BCUT2D eigenvalue weighted by Crippen LogP contribution is -2.12. The van der Waals surface area contributed by atoms with Crippen LogP contribution in [0.25, 0.3) is 5.70 Å². The van der Waals surface area contributed by atoms with Gasteiger partial charge in [0, 0.05) is 40.8 Å². The van der Waals surface area contributed by atoms with Gasteiger partial charge in [-0.3, -0.25) is 9.98 Å². The van der Waals surface area contributed by atoms with Crippen LogP contribution in [0.3, 0.4) is 0 Å². The van der Waals surface area contributed by atoms with Gasteiger partial charge in [0.05, 0.1) is 19.4 Å². The van der Waals surface area contributed by atoms with Crippen LogP contribution < -0.4 is 15.2 Å². The van der Waals surface area contributed by atoms with Crippen LogP contribution in [0.4, 0.5) is 8.78 Å². The van der Waals surface area contributed by atoms with Crippen molar-refractivity contribution in [1.82, 2.24) is 4.98 Å². The monoisotopic (exact) mass is 331 g/mol. The number of rotatable bonds is 4. The van der Waals surface area contributed by atoms with Gasteiger partial charge in [-0.25, -0.2) is 0 Å². The van der Waals surface area contributed by atoms with Crippen LogP contribution >= 0.6 is 0 Å². The Kier molecular flexibility index (Phi) is 4.41. The number of hydrogen-bond acceptors (Lipinski definition) is 5. The maximum Gasteiger partial charge on any atom is 0.387 e. The molecule has 1 aliphatic rings. The summed E-state index contributed by atoms with van der Waals surface area (Å²) in [5.41, 5.74) is 8.93. The highest BCUT2D eigenvalue weighted by Gasteiger charge is 2.21. The number of alkyl halides is 2. The third-order valence-electron chi connectivity index (χ3n) is 3.61. The molecule has 2 aromatic rings. The highest BCUT2D eigenvalue weighted by Crippen LogP contribution is 2.31. The molecule has 1 aromatic carbocycles. The normalized spacial score (nSPS) is 13.7. The maximum atomic E-state index is 12.8. The van der Waals surface area contributed by atoms with Crippen molar-refractivity contribution in [2.45, 2.75) is 6.61 Å². The average Bonchev–Trinajstić information content (AvgIpc) is 2.74. The molecule has 0 radical (unpaired) electrons. The van der Waals surface area contributed by atoms with E-state index in [9.17, 15) is 8.78 Å². The van der Waals surface area contributed by atoms with Gasteiger partial charge in [0.2, 0.25) is 0 Å². The van der Waals surface area contributed by atoms with Gasteiger partial charge in [-0.05, 0) is 24.3 Å². The smallest absolute Gasteiger partial charge is 0.387 e. The SMILES string of the molecule is COc1ccc(C2=NCC=C(N)c3cnccc32)c(OC(F)F)c1. The van der Waals surface area contributed by atoms with E-state index in [0.717, 1.165) is 0 Å². The number of aliphatic imine (C=N–C) groups is 1. The van der Waals surface area contributed by atoms with E-state index in [0.29, 0.717) is 40.4 Å². The second kappa shape index (κ2) is 6.66. The Morgan fingerprint density at radius 1 is 1.17 bits per heavy atom. The minimum Gasteiger partial charge on any atom is -0.497 e. The third-order valence-corrected chi connectivity index (χ3v) is 3.61. The summed E-state index contributed by atoms with van der Waals surface area (Å²) < 4.78 is 35.3. The molecule has 0 saturated carbocycles. The van der Waals surface area contributed by atoms with E-state index in [-0.39, 0.29) is 5.75 Å². The standard InChI is InChI=1S/C17H15F2N3O2/c1-23-10-2-3-12(15(8-10)24-17(18)19)16-11-4-6-21-9-13(11)14(20)5-7-22-16/h2-6,8-9,17H,7,20H2,1H3. The summed E-state index contributed by atoms with van der Waals surface area (Å²) in [6.45, 7) is -2.63. The van der Waals surface area contributed by atoms with Crippen molar-refractivity contribution in [2.75, 3.05) is 13.7 Å². The number of nitrogens with zero attached hydrogens (tertiary/aromatic N) is 2. The number of fused-ring (bicyclic) bond motifs is 1.